The topological polar surface area (TPSA) is 60.0 Å². The lowest BCUT2D eigenvalue weighted by atomic mass is 9.93. The van der Waals surface area contributed by atoms with Gasteiger partial charge >= 0.3 is 0 Å². The van der Waals surface area contributed by atoms with Crippen LogP contribution in [0.25, 0.3) is 0 Å². The molecule has 0 saturated carbocycles. The number of rotatable bonds is 8. The van der Waals surface area contributed by atoms with Crippen molar-refractivity contribution in [2.75, 3.05) is 39.4 Å². The maximum atomic E-state index is 11.1. The molecule has 2 aliphatic rings. The third kappa shape index (κ3) is 6.13. The lowest BCUT2D eigenvalue weighted by Crippen LogP contribution is -2.25. The van der Waals surface area contributed by atoms with E-state index in [1.54, 1.807) is 7.11 Å². The molecule has 0 amide bonds. The van der Waals surface area contributed by atoms with E-state index in [0.717, 1.165) is 49.3 Å². The zero-order chi connectivity index (χ0) is 27.1. The molecule has 6 nitrogen and oxygen atoms in total. The summed E-state index contributed by atoms with van der Waals surface area (Å²) < 4.78 is 16.1. The molecule has 0 radical (unpaired) electrons. The monoisotopic (exact) mass is 516 g/mol. The van der Waals surface area contributed by atoms with Crippen LogP contribution in [-0.2, 0) is 17.6 Å². The van der Waals surface area contributed by atoms with Crippen LogP contribution in [0.3, 0.4) is 0 Å². The number of ether oxygens (including phenoxy) is 3. The molecule has 1 saturated heterocycles. The smallest absolute Gasteiger partial charge is 0.231 e. The average molecular weight is 517 g/mol. The summed E-state index contributed by atoms with van der Waals surface area (Å²) in [4.78, 5) is 13.4. The number of nitrogens with zero attached hydrogens (tertiary/aromatic N) is 1. The van der Waals surface area contributed by atoms with E-state index in [1.807, 2.05) is 25.2 Å². The van der Waals surface area contributed by atoms with E-state index < -0.39 is 0 Å². The van der Waals surface area contributed by atoms with Gasteiger partial charge in [-0.15, -0.1) is 0 Å². The normalized spacial score (nSPS) is 18.0. The number of hydrogen-bond acceptors (Lipinski definition) is 6. The molecule has 0 aromatic heterocycles. The molecular formula is C32H40N2O4. The van der Waals surface area contributed by atoms with E-state index in [-0.39, 0.29) is 12.8 Å². The minimum Gasteiger partial charge on any atom is -0.497 e. The number of benzene rings is 3. The number of methoxy groups -OCH3 is 1. The van der Waals surface area contributed by atoms with Crippen LogP contribution in [0.2, 0.25) is 0 Å². The van der Waals surface area contributed by atoms with Gasteiger partial charge in [-0.3, -0.25) is 4.90 Å². The van der Waals surface area contributed by atoms with Crippen LogP contribution in [0.5, 0.6) is 17.2 Å². The van der Waals surface area contributed by atoms with Crippen LogP contribution in [0.4, 0.5) is 5.69 Å². The Bertz CT molecular complexity index is 1200. The summed E-state index contributed by atoms with van der Waals surface area (Å²) in [6.45, 7) is 8.16. The molecule has 1 fully saturated rings. The number of carbonyl (C=O) groups is 1. The molecule has 2 heterocycles. The van der Waals surface area contributed by atoms with Crippen molar-refractivity contribution >= 4 is 12.0 Å². The summed E-state index contributed by atoms with van der Waals surface area (Å²) in [7, 11) is 3.67. The van der Waals surface area contributed by atoms with Crippen molar-refractivity contribution in [3.8, 4) is 17.2 Å². The number of hydrogen-bond donors (Lipinski definition) is 1. The lowest BCUT2D eigenvalue weighted by Gasteiger charge is -2.22. The standard InChI is InChI=1S/C20H21NO4.C12H19N/c1-23-17-5-2-14(3-6-17)18-10-16(12-21(18)8-9-22)15-4-7-19-20(11-15)25-13-24-19;1-5-10-7-9(3)8-11(6-2)12(10)13-4/h2-7,9,11,16,18H,8,10,12-13H2,1H3;7-8,13H,5-6H2,1-4H3/t16-,18-;/m1./s1. The van der Waals surface area contributed by atoms with Crippen molar-refractivity contribution in [2.24, 2.45) is 0 Å². The second-order valence-corrected chi connectivity index (χ2v) is 9.87. The maximum Gasteiger partial charge on any atom is 0.231 e. The third-order valence-corrected chi connectivity index (χ3v) is 7.54. The summed E-state index contributed by atoms with van der Waals surface area (Å²) in [5.41, 5.74) is 8.00. The Morgan fingerprint density at radius 1 is 0.974 bits per heavy atom. The first-order chi connectivity index (χ1) is 18.5. The summed E-state index contributed by atoms with van der Waals surface area (Å²) >= 11 is 0. The Morgan fingerprint density at radius 3 is 2.24 bits per heavy atom. The first-order valence-corrected chi connectivity index (χ1v) is 13.5. The van der Waals surface area contributed by atoms with Gasteiger partial charge in [0.1, 0.15) is 12.0 Å². The molecule has 2 atom stereocenters. The third-order valence-electron chi connectivity index (χ3n) is 7.54. The summed E-state index contributed by atoms with van der Waals surface area (Å²) in [6, 6.07) is 19.0. The largest absolute Gasteiger partial charge is 0.497 e. The Hall–Kier alpha value is -3.51. The van der Waals surface area contributed by atoms with E-state index in [4.69, 9.17) is 14.2 Å². The fourth-order valence-electron chi connectivity index (χ4n) is 5.60. The Balaban J connectivity index is 0.000000219. The minimum atomic E-state index is 0.228. The molecule has 3 aromatic rings. The molecule has 38 heavy (non-hydrogen) atoms. The predicted molar refractivity (Wildman–Crippen MR) is 153 cm³/mol. The number of aldehydes is 1. The molecule has 0 spiro atoms. The highest BCUT2D eigenvalue weighted by Crippen LogP contribution is 2.43. The Morgan fingerprint density at radius 2 is 1.63 bits per heavy atom. The molecule has 0 bridgehead atoms. The first-order valence-electron chi connectivity index (χ1n) is 13.5. The Labute approximate surface area is 226 Å². The molecule has 202 valence electrons. The van der Waals surface area contributed by atoms with Gasteiger partial charge in [-0.1, -0.05) is 49.7 Å². The molecule has 1 N–H and O–H groups in total. The number of fused-ring (bicyclic) bond motifs is 1. The lowest BCUT2D eigenvalue weighted by molar-refractivity contribution is -0.109. The van der Waals surface area contributed by atoms with Crippen molar-refractivity contribution in [3.63, 3.8) is 0 Å². The molecule has 6 heteroatoms. The van der Waals surface area contributed by atoms with Gasteiger partial charge in [-0.2, -0.15) is 0 Å². The van der Waals surface area contributed by atoms with Gasteiger partial charge in [-0.05, 0) is 78.6 Å². The molecule has 0 unspecified atom stereocenters. The van der Waals surface area contributed by atoms with E-state index in [9.17, 15) is 4.79 Å². The Kier molecular flexibility index (Phi) is 9.29. The van der Waals surface area contributed by atoms with E-state index >= 15 is 0 Å². The molecular weight excluding hydrogens is 476 g/mol. The van der Waals surface area contributed by atoms with E-state index in [0.29, 0.717) is 12.5 Å². The van der Waals surface area contributed by atoms with Crippen molar-refractivity contribution in [2.45, 2.75) is 52.0 Å². The predicted octanol–water partition coefficient (Wildman–Crippen LogP) is 6.31. The van der Waals surface area contributed by atoms with Crippen LogP contribution >= 0.6 is 0 Å². The van der Waals surface area contributed by atoms with Crippen LogP contribution < -0.4 is 19.5 Å². The van der Waals surface area contributed by atoms with Crippen LogP contribution in [0.15, 0.2) is 54.6 Å². The first kappa shape index (κ1) is 27.5. The molecule has 5 rings (SSSR count). The SMILES string of the molecule is CCc1cc(C)cc(CC)c1NC.COc1ccc([C@H]2C[C@@H](c3ccc4c(c3)OCO4)CN2CC=O)cc1. The number of aryl methyl sites for hydroxylation is 3. The highest BCUT2D eigenvalue weighted by Gasteiger charge is 2.34. The number of nitrogens with one attached hydrogen (secondary N) is 1. The van der Waals surface area contributed by atoms with E-state index in [2.05, 4.69) is 67.4 Å². The maximum absolute atomic E-state index is 11.1. The fourth-order valence-corrected chi connectivity index (χ4v) is 5.60. The van der Waals surface area contributed by atoms with Crippen molar-refractivity contribution in [3.05, 3.63) is 82.4 Å². The second kappa shape index (κ2) is 12.8. The van der Waals surface area contributed by atoms with Gasteiger partial charge in [0.25, 0.3) is 0 Å². The van der Waals surface area contributed by atoms with Crippen molar-refractivity contribution in [1.82, 2.24) is 4.90 Å². The molecule has 3 aromatic carbocycles. The second-order valence-electron chi connectivity index (χ2n) is 9.87. The van der Waals surface area contributed by atoms with Gasteiger partial charge in [0.15, 0.2) is 11.5 Å². The van der Waals surface area contributed by atoms with E-state index in [1.165, 1.54) is 33.5 Å². The van der Waals surface area contributed by atoms with Gasteiger partial charge < -0.3 is 24.3 Å². The number of carbonyl (C=O) groups excluding carboxylic acids is 1. The van der Waals surface area contributed by atoms with Crippen molar-refractivity contribution in [1.29, 1.82) is 0 Å². The zero-order valence-electron chi connectivity index (χ0n) is 23.3. The molecule has 2 aliphatic heterocycles. The van der Waals surface area contributed by atoms with Crippen LogP contribution in [-0.4, -0.2) is 45.2 Å². The van der Waals surface area contributed by atoms with Gasteiger partial charge in [0, 0.05) is 25.3 Å². The average Bonchev–Trinajstić information content (AvgIpc) is 3.60. The fraction of sp³-hybridized carbons (Fsp3) is 0.406. The summed E-state index contributed by atoms with van der Waals surface area (Å²) in [5, 5.41) is 3.29. The van der Waals surface area contributed by atoms with Gasteiger partial charge in [-0.25, -0.2) is 0 Å². The highest BCUT2D eigenvalue weighted by molar-refractivity contribution is 5.59. The zero-order valence-corrected chi connectivity index (χ0v) is 23.3. The molecule has 0 aliphatic carbocycles. The van der Waals surface area contributed by atoms with Crippen LogP contribution in [0.1, 0.15) is 60.0 Å². The van der Waals surface area contributed by atoms with Gasteiger partial charge in [0.05, 0.1) is 13.7 Å². The minimum absolute atomic E-state index is 0.228. The number of anilines is 1. The van der Waals surface area contributed by atoms with Gasteiger partial charge in [0.2, 0.25) is 6.79 Å². The summed E-state index contributed by atoms with van der Waals surface area (Å²) in [6.07, 6.45) is 4.16. The van der Waals surface area contributed by atoms with Crippen LogP contribution in [0, 0.1) is 6.92 Å². The van der Waals surface area contributed by atoms with Crippen molar-refractivity contribution < 1.29 is 19.0 Å². The number of likely N-dealkylation sites (tertiary alicyclic amines) is 1. The highest BCUT2D eigenvalue weighted by atomic mass is 16.7. The summed E-state index contributed by atoms with van der Waals surface area (Å²) in [5.74, 6) is 2.82. The quantitative estimate of drug-likeness (QED) is 0.354.